The van der Waals surface area contributed by atoms with Gasteiger partial charge < -0.3 is 9.64 Å². The van der Waals surface area contributed by atoms with Crippen LogP contribution in [0.4, 0.5) is 9.18 Å². The second kappa shape index (κ2) is 4.83. The summed E-state index contributed by atoms with van der Waals surface area (Å²) < 4.78 is 17.8. The predicted octanol–water partition coefficient (Wildman–Crippen LogP) is 3.15. The molecule has 1 amide bonds. The van der Waals surface area contributed by atoms with Gasteiger partial charge in [-0.3, -0.25) is 4.39 Å². The summed E-state index contributed by atoms with van der Waals surface area (Å²) in [5.41, 5.74) is 0.908. The van der Waals surface area contributed by atoms with Crippen molar-refractivity contribution in [2.45, 2.75) is 31.4 Å². The van der Waals surface area contributed by atoms with Crippen LogP contribution < -0.4 is 0 Å². The Morgan fingerprint density at radius 1 is 1.37 bits per heavy atom. The van der Waals surface area contributed by atoms with E-state index in [0.717, 1.165) is 31.4 Å². The minimum atomic E-state index is -0.269. The third-order valence-electron chi connectivity index (χ3n) is 4.35. The van der Waals surface area contributed by atoms with Crippen LogP contribution in [0.3, 0.4) is 0 Å². The standard InChI is InChI=1S/C15H18FNO2/c16-10-13-8-15(9-13)6-7-17(15)14(18)19-11-12-4-2-1-3-5-12/h1-5,13H,6-11H2. The van der Waals surface area contributed by atoms with Gasteiger partial charge in [-0.15, -0.1) is 0 Å². The van der Waals surface area contributed by atoms with Crippen LogP contribution in [0.2, 0.25) is 0 Å². The summed E-state index contributed by atoms with van der Waals surface area (Å²) in [5, 5.41) is 0. The number of carbonyl (C=O) groups is 1. The van der Waals surface area contributed by atoms with E-state index in [0.29, 0.717) is 6.61 Å². The van der Waals surface area contributed by atoms with Gasteiger partial charge in [0.2, 0.25) is 0 Å². The zero-order valence-corrected chi connectivity index (χ0v) is 10.8. The topological polar surface area (TPSA) is 29.5 Å². The molecule has 1 aromatic rings. The van der Waals surface area contributed by atoms with E-state index in [9.17, 15) is 9.18 Å². The Balaban J connectivity index is 1.52. The molecule has 1 aromatic carbocycles. The van der Waals surface area contributed by atoms with Crippen LogP contribution in [0.25, 0.3) is 0 Å². The molecular formula is C15H18FNO2. The molecule has 1 saturated heterocycles. The predicted molar refractivity (Wildman–Crippen MR) is 69.4 cm³/mol. The molecule has 2 aliphatic rings. The number of carbonyl (C=O) groups excluding carboxylic acids is 1. The Labute approximate surface area is 112 Å². The van der Waals surface area contributed by atoms with Crippen LogP contribution in [-0.4, -0.2) is 29.8 Å². The number of hydrogen-bond acceptors (Lipinski definition) is 2. The van der Waals surface area contributed by atoms with Crippen molar-refractivity contribution in [2.24, 2.45) is 5.92 Å². The minimum absolute atomic E-state index is 0.0788. The number of nitrogens with zero attached hydrogens (tertiary/aromatic N) is 1. The van der Waals surface area contributed by atoms with Crippen LogP contribution in [0.5, 0.6) is 0 Å². The molecule has 1 saturated carbocycles. The molecule has 1 spiro atoms. The molecule has 1 aliphatic heterocycles. The molecule has 1 heterocycles. The quantitative estimate of drug-likeness (QED) is 0.838. The first-order valence-electron chi connectivity index (χ1n) is 6.78. The van der Waals surface area contributed by atoms with Gasteiger partial charge in [0.1, 0.15) is 6.61 Å². The number of benzene rings is 1. The number of halogens is 1. The average Bonchev–Trinajstić information content (AvgIpc) is 2.35. The first-order valence-corrected chi connectivity index (χ1v) is 6.78. The van der Waals surface area contributed by atoms with Crippen LogP contribution in [0.15, 0.2) is 30.3 Å². The number of amides is 1. The maximum atomic E-state index is 12.5. The summed E-state index contributed by atoms with van der Waals surface area (Å²) in [5.74, 6) is 0.143. The molecule has 0 bridgehead atoms. The Morgan fingerprint density at radius 3 is 2.68 bits per heavy atom. The minimum Gasteiger partial charge on any atom is -0.445 e. The van der Waals surface area contributed by atoms with Gasteiger partial charge in [-0.25, -0.2) is 4.79 Å². The van der Waals surface area contributed by atoms with E-state index in [1.807, 2.05) is 30.3 Å². The highest BCUT2D eigenvalue weighted by atomic mass is 19.1. The average molecular weight is 263 g/mol. The van der Waals surface area contributed by atoms with Crippen LogP contribution in [0.1, 0.15) is 24.8 Å². The summed E-state index contributed by atoms with van der Waals surface area (Å²) in [7, 11) is 0. The first kappa shape index (κ1) is 12.5. The lowest BCUT2D eigenvalue weighted by molar-refractivity contribution is -0.0957. The summed E-state index contributed by atoms with van der Waals surface area (Å²) in [4.78, 5) is 13.8. The maximum Gasteiger partial charge on any atom is 0.410 e. The maximum absolute atomic E-state index is 12.5. The molecule has 4 heteroatoms. The Kier molecular flexibility index (Phi) is 3.17. The smallest absolute Gasteiger partial charge is 0.410 e. The van der Waals surface area contributed by atoms with Crippen molar-refractivity contribution in [2.75, 3.05) is 13.2 Å². The SMILES string of the molecule is O=C(OCc1ccccc1)N1CCC12CC(CF)C2. The zero-order valence-electron chi connectivity index (χ0n) is 10.8. The molecule has 0 unspecified atom stereocenters. The van der Waals surface area contributed by atoms with Crippen LogP contribution in [0, 0.1) is 5.92 Å². The third kappa shape index (κ3) is 2.20. The van der Waals surface area contributed by atoms with E-state index >= 15 is 0 Å². The van der Waals surface area contributed by atoms with Crippen molar-refractivity contribution in [1.82, 2.24) is 4.90 Å². The second-order valence-corrected chi connectivity index (χ2v) is 5.59. The fraction of sp³-hybridized carbons (Fsp3) is 0.533. The number of alkyl halides is 1. The molecule has 3 rings (SSSR count). The van der Waals surface area contributed by atoms with E-state index in [4.69, 9.17) is 4.74 Å². The van der Waals surface area contributed by atoms with Gasteiger partial charge in [-0.05, 0) is 30.7 Å². The summed E-state index contributed by atoms with van der Waals surface area (Å²) in [6.07, 6.45) is 2.32. The molecular weight excluding hydrogens is 245 g/mol. The fourth-order valence-electron chi connectivity index (χ4n) is 3.17. The lowest BCUT2D eigenvalue weighted by atomic mass is 9.62. The van der Waals surface area contributed by atoms with Gasteiger partial charge in [0.05, 0.1) is 6.67 Å². The van der Waals surface area contributed by atoms with Gasteiger partial charge in [-0.2, -0.15) is 0 Å². The summed E-state index contributed by atoms with van der Waals surface area (Å²) in [6, 6.07) is 9.64. The molecule has 0 radical (unpaired) electrons. The normalized spacial score (nSPS) is 28.7. The van der Waals surface area contributed by atoms with Crippen molar-refractivity contribution in [1.29, 1.82) is 0 Å². The zero-order chi connectivity index (χ0) is 13.3. The van der Waals surface area contributed by atoms with Gasteiger partial charge in [0.25, 0.3) is 0 Å². The molecule has 0 atom stereocenters. The monoisotopic (exact) mass is 263 g/mol. The molecule has 102 valence electrons. The molecule has 1 aliphatic carbocycles. The fourth-order valence-corrected chi connectivity index (χ4v) is 3.17. The lowest BCUT2D eigenvalue weighted by Crippen LogP contribution is -2.68. The van der Waals surface area contributed by atoms with Crippen molar-refractivity contribution in [3.8, 4) is 0 Å². The summed E-state index contributed by atoms with van der Waals surface area (Å²) >= 11 is 0. The number of hydrogen-bond donors (Lipinski definition) is 0. The van der Waals surface area contributed by atoms with Gasteiger partial charge in [0, 0.05) is 12.1 Å². The van der Waals surface area contributed by atoms with Gasteiger partial charge >= 0.3 is 6.09 Å². The highest BCUT2D eigenvalue weighted by Crippen LogP contribution is 2.50. The molecule has 2 fully saturated rings. The Morgan fingerprint density at radius 2 is 2.11 bits per heavy atom. The van der Waals surface area contributed by atoms with Crippen molar-refractivity contribution < 1.29 is 13.9 Å². The Hall–Kier alpha value is -1.58. The van der Waals surface area contributed by atoms with Crippen molar-refractivity contribution in [3.63, 3.8) is 0 Å². The molecule has 0 N–H and O–H groups in total. The largest absolute Gasteiger partial charge is 0.445 e. The van der Waals surface area contributed by atoms with Gasteiger partial charge in [-0.1, -0.05) is 30.3 Å². The van der Waals surface area contributed by atoms with Crippen LogP contribution >= 0.6 is 0 Å². The Bertz CT molecular complexity index is 456. The highest BCUT2D eigenvalue weighted by Gasteiger charge is 2.56. The highest BCUT2D eigenvalue weighted by molar-refractivity contribution is 5.70. The third-order valence-corrected chi connectivity index (χ3v) is 4.35. The van der Waals surface area contributed by atoms with Crippen molar-refractivity contribution in [3.05, 3.63) is 35.9 Å². The molecule has 3 nitrogen and oxygen atoms in total. The molecule has 19 heavy (non-hydrogen) atoms. The van der Waals surface area contributed by atoms with E-state index in [-0.39, 0.29) is 24.2 Å². The number of likely N-dealkylation sites (tertiary alicyclic amines) is 1. The van der Waals surface area contributed by atoms with E-state index < -0.39 is 0 Å². The van der Waals surface area contributed by atoms with E-state index in [1.165, 1.54) is 0 Å². The first-order chi connectivity index (χ1) is 9.23. The van der Waals surface area contributed by atoms with Crippen LogP contribution in [-0.2, 0) is 11.3 Å². The lowest BCUT2D eigenvalue weighted by Gasteiger charge is -2.60. The number of rotatable bonds is 3. The summed E-state index contributed by atoms with van der Waals surface area (Å²) in [6.45, 7) is 0.778. The second-order valence-electron chi connectivity index (χ2n) is 5.59. The molecule has 0 aromatic heterocycles. The van der Waals surface area contributed by atoms with Gasteiger partial charge in [0.15, 0.2) is 0 Å². The number of ether oxygens (including phenoxy) is 1. The van der Waals surface area contributed by atoms with E-state index in [1.54, 1.807) is 4.90 Å². The van der Waals surface area contributed by atoms with Crippen molar-refractivity contribution >= 4 is 6.09 Å². The van der Waals surface area contributed by atoms with E-state index in [2.05, 4.69) is 0 Å².